The largest absolute Gasteiger partial charge is 0.386 e. The molecule has 1 N–H and O–H groups in total. The monoisotopic (exact) mass is 252 g/mol. The predicted molar refractivity (Wildman–Crippen MR) is 63.0 cm³/mol. The second-order valence-electron chi connectivity index (χ2n) is 4.27. The van der Waals surface area contributed by atoms with E-state index >= 15 is 0 Å². The Bertz CT molecular complexity index is 566. The van der Waals surface area contributed by atoms with E-state index in [1.807, 2.05) is 0 Å². The minimum Gasteiger partial charge on any atom is -0.386 e. The molecule has 0 saturated carbocycles. The van der Waals surface area contributed by atoms with Gasteiger partial charge in [-0.2, -0.15) is 5.10 Å². The second-order valence-corrected chi connectivity index (χ2v) is 4.27. The molecule has 1 unspecified atom stereocenters. The Morgan fingerprint density at radius 3 is 2.72 bits per heavy atom. The molecule has 2 aromatic rings. The number of aliphatic hydroxyl groups is 1. The van der Waals surface area contributed by atoms with Crippen LogP contribution in [-0.2, 0) is 13.5 Å². The van der Waals surface area contributed by atoms with E-state index in [0.717, 1.165) is 11.8 Å². The Morgan fingerprint density at radius 2 is 2.11 bits per heavy atom. The molecule has 0 radical (unpaired) electrons. The summed E-state index contributed by atoms with van der Waals surface area (Å²) in [5.41, 5.74) is 1.50. The highest BCUT2D eigenvalue weighted by Crippen LogP contribution is 2.21. The lowest BCUT2D eigenvalue weighted by Crippen LogP contribution is -2.09. The third-order valence-electron chi connectivity index (χ3n) is 2.82. The average molecular weight is 252 g/mol. The normalized spacial score (nSPS) is 12.7. The van der Waals surface area contributed by atoms with Crippen molar-refractivity contribution in [2.24, 2.45) is 7.05 Å². The minimum absolute atomic E-state index is 0.0164. The number of aliphatic hydroxyl groups excluding tert-OH is 1. The van der Waals surface area contributed by atoms with E-state index in [4.69, 9.17) is 0 Å². The van der Waals surface area contributed by atoms with Gasteiger partial charge in [-0.1, -0.05) is 12.1 Å². The van der Waals surface area contributed by atoms with E-state index in [-0.39, 0.29) is 12.0 Å². The number of benzene rings is 1. The molecular formula is C13H14F2N2O. The molecule has 2 rings (SSSR count). The van der Waals surface area contributed by atoms with E-state index < -0.39 is 17.7 Å². The molecule has 0 aliphatic heterocycles. The predicted octanol–water partition coefficient (Wildman–Crippen LogP) is 2.28. The molecule has 0 saturated heterocycles. The van der Waals surface area contributed by atoms with E-state index in [9.17, 15) is 13.9 Å². The van der Waals surface area contributed by atoms with E-state index in [2.05, 4.69) is 5.10 Å². The van der Waals surface area contributed by atoms with Crippen LogP contribution in [0.1, 0.15) is 23.1 Å². The Kier molecular flexibility index (Phi) is 3.43. The first kappa shape index (κ1) is 12.7. The van der Waals surface area contributed by atoms with Crippen molar-refractivity contribution < 1.29 is 13.9 Å². The molecular weight excluding hydrogens is 238 g/mol. The van der Waals surface area contributed by atoms with Gasteiger partial charge in [0.25, 0.3) is 0 Å². The zero-order valence-electron chi connectivity index (χ0n) is 10.2. The smallest absolute Gasteiger partial charge is 0.162 e. The molecule has 5 heteroatoms. The van der Waals surface area contributed by atoms with Crippen molar-refractivity contribution >= 4 is 0 Å². The maximum Gasteiger partial charge on any atom is 0.162 e. The number of nitrogens with zero attached hydrogens (tertiary/aromatic N) is 2. The van der Waals surface area contributed by atoms with Gasteiger partial charge in [-0.05, 0) is 24.6 Å². The van der Waals surface area contributed by atoms with E-state index in [1.54, 1.807) is 20.0 Å². The molecule has 0 fully saturated rings. The molecule has 96 valence electrons. The number of aryl methyl sites for hydroxylation is 2. The SMILES string of the molecule is Cc1cc(C(O)Cc2cccc(F)c2F)n(C)n1. The fourth-order valence-electron chi connectivity index (χ4n) is 1.96. The van der Waals surface area contributed by atoms with Crippen LogP contribution in [0.2, 0.25) is 0 Å². The van der Waals surface area contributed by atoms with Crippen molar-refractivity contribution in [2.75, 3.05) is 0 Å². The van der Waals surface area contributed by atoms with Gasteiger partial charge in [0, 0.05) is 13.5 Å². The highest BCUT2D eigenvalue weighted by Gasteiger charge is 2.17. The zero-order valence-corrected chi connectivity index (χ0v) is 10.2. The molecule has 1 aromatic carbocycles. The Hall–Kier alpha value is -1.75. The maximum absolute atomic E-state index is 13.5. The topological polar surface area (TPSA) is 38.0 Å². The van der Waals surface area contributed by atoms with Crippen molar-refractivity contribution in [2.45, 2.75) is 19.4 Å². The quantitative estimate of drug-likeness (QED) is 0.910. The van der Waals surface area contributed by atoms with Gasteiger partial charge in [0.15, 0.2) is 11.6 Å². The fraction of sp³-hybridized carbons (Fsp3) is 0.308. The van der Waals surface area contributed by atoms with Crippen LogP contribution in [-0.4, -0.2) is 14.9 Å². The van der Waals surface area contributed by atoms with Gasteiger partial charge in [0.2, 0.25) is 0 Å². The molecule has 0 amide bonds. The van der Waals surface area contributed by atoms with Crippen LogP contribution >= 0.6 is 0 Å². The van der Waals surface area contributed by atoms with Gasteiger partial charge >= 0.3 is 0 Å². The fourth-order valence-corrected chi connectivity index (χ4v) is 1.96. The number of halogens is 2. The van der Waals surface area contributed by atoms with Crippen LogP contribution in [0.5, 0.6) is 0 Å². The summed E-state index contributed by atoms with van der Waals surface area (Å²) in [4.78, 5) is 0. The van der Waals surface area contributed by atoms with E-state index in [1.165, 1.54) is 16.8 Å². The maximum atomic E-state index is 13.5. The summed E-state index contributed by atoms with van der Waals surface area (Å²) in [6, 6.07) is 5.67. The van der Waals surface area contributed by atoms with Crippen molar-refractivity contribution in [3.8, 4) is 0 Å². The van der Waals surface area contributed by atoms with Gasteiger partial charge in [0.1, 0.15) is 0 Å². The van der Waals surface area contributed by atoms with Crippen molar-refractivity contribution in [1.82, 2.24) is 9.78 Å². The molecule has 18 heavy (non-hydrogen) atoms. The molecule has 0 spiro atoms. The summed E-state index contributed by atoms with van der Waals surface area (Å²) < 4.78 is 28.1. The average Bonchev–Trinajstić information content (AvgIpc) is 2.64. The number of hydrogen-bond acceptors (Lipinski definition) is 2. The molecule has 1 atom stereocenters. The first-order valence-corrected chi connectivity index (χ1v) is 5.60. The first-order valence-electron chi connectivity index (χ1n) is 5.60. The van der Waals surface area contributed by atoms with Crippen molar-refractivity contribution in [3.05, 3.63) is 52.9 Å². The summed E-state index contributed by atoms with van der Waals surface area (Å²) in [6.45, 7) is 1.80. The lowest BCUT2D eigenvalue weighted by Gasteiger charge is -2.11. The molecule has 3 nitrogen and oxygen atoms in total. The van der Waals surface area contributed by atoms with Gasteiger partial charge in [0.05, 0.1) is 17.5 Å². The summed E-state index contributed by atoms with van der Waals surface area (Å²) in [5, 5.41) is 14.1. The molecule has 0 aliphatic carbocycles. The highest BCUT2D eigenvalue weighted by atomic mass is 19.2. The summed E-state index contributed by atoms with van der Waals surface area (Å²) >= 11 is 0. The highest BCUT2D eigenvalue weighted by molar-refractivity contribution is 5.22. The van der Waals surface area contributed by atoms with Gasteiger partial charge in [-0.15, -0.1) is 0 Å². The van der Waals surface area contributed by atoms with Crippen LogP contribution in [0.4, 0.5) is 8.78 Å². The first-order chi connectivity index (χ1) is 8.49. The standard InChI is InChI=1S/C13H14F2N2O/c1-8-6-11(17(2)16-8)12(18)7-9-4-3-5-10(14)13(9)15/h3-6,12,18H,7H2,1-2H3. The van der Waals surface area contributed by atoms with Gasteiger partial charge in [-0.3, -0.25) is 4.68 Å². The second kappa shape index (κ2) is 4.86. The molecule has 1 aromatic heterocycles. The number of rotatable bonds is 3. The number of hydrogen-bond donors (Lipinski definition) is 1. The third-order valence-corrected chi connectivity index (χ3v) is 2.82. The van der Waals surface area contributed by atoms with E-state index in [0.29, 0.717) is 5.69 Å². The van der Waals surface area contributed by atoms with Gasteiger partial charge in [-0.25, -0.2) is 8.78 Å². The van der Waals surface area contributed by atoms with Crippen LogP contribution < -0.4 is 0 Å². The molecule has 1 heterocycles. The molecule has 0 bridgehead atoms. The summed E-state index contributed by atoms with van der Waals surface area (Å²) in [6.07, 6.45) is -0.893. The minimum atomic E-state index is -0.910. The summed E-state index contributed by atoms with van der Waals surface area (Å²) in [7, 11) is 1.70. The van der Waals surface area contributed by atoms with Crippen LogP contribution in [0.25, 0.3) is 0 Å². The van der Waals surface area contributed by atoms with Crippen molar-refractivity contribution in [1.29, 1.82) is 0 Å². The summed E-state index contributed by atoms with van der Waals surface area (Å²) in [5.74, 6) is -1.81. The zero-order chi connectivity index (χ0) is 13.3. The Balaban J connectivity index is 2.24. The Labute approximate surface area is 104 Å². The number of aromatic nitrogens is 2. The lowest BCUT2D eigenvalue weighted by atomic mass is 10.0. The van der Waals surface area contributed by atoms with Crippen LogP contribution in [0.3, 0.4) is 0 Å². The van der Waals surface area contributed by atoms with Crippen LogP contribution in [0, 0.1) is 18.6 Å². The molecule has 0 aliphatic rings. The van der Waals surface area contributed by atoms with Crippen molar-refractivity contribution in [3.63, 3.8) is 0 Å². The van der Waals surface area contributed by atoms with Gasteiger partial charge < -0.3 is 5.11 Å². The third kappa shape index (κ3) is 2.41. The Morgan fingerprint density at radius 1 is 1.39 bits per heavy atom. The lowest BCUT2D eigenvalue weighted by molar-refractivity contribution is 0.167. The van der Waals surface area contributed by atoms with Crippen LogP contribution in [0.15, 0.2) is 24.3 Å².